The van der Waals surface area contributed by atoms with Gasteiger partial charge in [0.2, 0.25) is 0 Å². The topological polar surface area (TPSA) is 32.7 Å². The van der Waals surface area contributed by atoms with E-state index < -0.39 is 0 Å². The minimum atomic E-state index is -0.206. The molecule has 25 heavy (non-hydrogen) atoms. The summed E-state index contributed by atoms with van der Waals surface area (Å²) in [5, 5.41) is 10.4. The van der Waals surface area contributed by atoms with Gasteiger partial charge in [0, 0.05) is 17.6 Å². The molecule has 0 aromatic heterocycles. The van der Waals surface area contributed by atoms with Crippen LogP contribution in [-0.4, -0.2) is 42.4 Å². The van der Waals surface area contributed by atoms with Crippen LogP contribution >= 0.6 is 11.6 Å². The van der Waals surface area contributed by atoms with Crippen molar-refractivity contribution in [3.63, 3.8) is 0 Å². The molecule has 4 heteroatoms. The first-order valence-electron chi connectivity index (χ1n) is 8.95. The largest absolute Gasteiger partial charge is 0.493 e. The second-order valence-corrected chi connectivity index (χ2v) is 7.29. The summed E-state index contributed by atoms with van der Waals surface area (Å²) in [6.07, 6.45) is 3.45. The molecule has 1 N–H and O–H groups in total. The minimum Gasteiger partial charge on any atom is -0.493 e. The van der Waals surface area contributed by atoms with E-state index in [1.165, 1.54) is 11.1 Å². The Balaban J connectivity index is 1.57. The van der Waals surface area contributed by atoms with Gasteiger partial charge in [0.1, 0.15) is 5.75 Å². The first-order valence-corrected chi connectivity index (χ1v) is 9.33. The van der Waals surface area contributed by atoms with Crippen LogP contribution < -0.4 is 4.74 Å². The zero-order valence-electron chi connectivity index (χ0n) is 14.7. The quantitative estimate of drug-likeness (QED) is 0.812. The van der Waals surface area contributed by atoms with Crippen molar-refractivity contribution in [3.8, 4) is 5.75 Å². The number of benzene rings is 2. The second kappa shape index (κ2) is 8.70. The average Bonchev–Trinajstić information content (AvgIpc) is 2.92. The lowest BCUT2D eigenvalue weighted by molar-refractivity contribution is 0.182. The molecule has 0 saturated carbocycles. The third kappa shape index (κ3) is 5.21. The van der Waals surface area contributed by atoms with Gasteiger partial charge in [-0.1, -0.05) is 48.0 Å². The van der Waals surface area contributed by atoms with Crippen molar-refractivity contribution in [2.75, 3.05) is 20.2 Å². The summed E-state index contributed by atoms with van der Waals surface area (Å²) >= 11 is 6.16. The number of β-amino-alcohol motifs (C(OH)–C–C–N with tert-alkyl or cyclic N) is 1. The van der Waals surface area contributed by atoms with E-state index in [-0.39, 0.29) is 6.10 Å². The molecule has 2 unspecified atom stereocenters. The Kier molecular flexibility index (Phi) is 6.35. The van der Waals surface area contributed by atoms with Gasteiger partial charge in [0.15, 0.2) is 0 Å². The van der Waals surface area contributed by atoms with Gasteiger partial charge in [-0.15, -0.1) is 0 Å². The fraction of sp³-hybridized carbons (Fsp3) is 0.429. The molecule has 1 aliphatic heterocycles. The number of aliphatic hydroxyl groups excluding tert-OH is 1. The van der Waals surface area contributed by atoms with Gasteiger partial charge < -0.3 is 14.7 Å². The molecular weight excluding hydrogens is 334 g/mol. The smallest absolute Gasteiger partial charge is 0.123 e. The highest BCUT2D eigenvalue weighted by Crippen LogP contribution is 2.26. The average molecular weight is 360 g/mol. The van der Waals surface area contributed by atoms with Crippen molar-refractivity contribution in [1.82, 2.24) is 4.90 Å². The first-order chi connectivity index (χ1) is 12.1. The molecule has 0 spiro atoms. The van der Waals surface area contributed by atoms with Crippen LogP contribution in [0.25, 0.3) is 0 Å². The van der Waals surface area contributed by atoms with Crippen LogP contribution in [0.4, 0.5) is 0 Å². The number of rotatable bonds is 7. The Bertz CT molecular complexity index is 677. The zero-order chi connectivity index (χ0) is 17.6. The van der Waals surface area contributed by atoms with Crippen LogP contribution in [0.1, 0.15) is 24.0 Å². The highest BCUT2D eigenvalue weighted by molar-refractivity contribution is 6.30. The monoisotopic (exact) mass is 359 g/mol. The molecule has 0 bridgehead atoms. The molecule has 0 aliphatic carbocycles. The number of aryl methyl sites for hydroxylation is 2. The molecule has 0 radical (unpaired) electrons. The van der Waals surface area contributed by atoms with Gasteiger partial charge in [-0.2, -0.15) is 0 Å². The van der Waals surface area contributed by atoms with Gasteiger partial charge in [-0.3, -0.25) is 0 Å². The Morgan fingerprint density at radius 2 is 1.96 bits per heavy atom. The first kappa shape index (κ1) is 18.2. The maximum atomic E-state index is 9.75. The van der Waals surface area contributed by atoms with Crippen LogP contribution in [0.5, 0.6) is 5.75 Å². The van der Waals surface area contributed by atoms with E-state index in [0.29, 0.717) is 17.7 Å². The van der Waals surface area contributed by atoms with E-state index in [1.807, 2.05) is 18.2 Å². The molecule has 2 aromatic rings. The van der Waals surface area contributed by atoms with Gasteiger partial charge >= 0.3 is 0 Å². The standard InChI is InChI=1S/C21H26ClNO2/c1-23-15-20(24)14-19(23)11-12-25-21-13-18(22)10-9-17(21)8-7-16-5-3-2-4-6-16/h2-6,9-10,13,19-20,24H,7-8,11-12,14-15H2,1H3. The molecule has 0 amide bonds. The summed E-state index contributed by atoms with van der Waals surface area (Å²) in [5.41, 5.74) is 2.51. The van der Waals surface area contributed by atoms with E-state index in [1.54, 1.807) is 0 Å². The summed E-state index contributed by atoms with van der Waals surface area (Å²) in [5.74, 6) is 0.879. The maximum absolute atomic E-state index is 9.75. The fourth-order valence-corrected chi connectivity index (χ4v) is 3.65. The van der Waals surface area contributed by atoms with Crippen LogP contribution in [0.2, 0.25) is 5.02 Å². The third-order valence-electron chi connectivity index (χ3n) is 4.93. The predicted molar refractivity (Wildman–Crippen MR) is 102 cm³/mol. The van der Waals surface area contributed by atoms with Gasteiger partial charge in [0.05, 0.1) is 12.7 Å². The summed E-state index contributed by atoms with van der Waals surface area (Å²) in [6, 6.07) is 16.8. The van der Waals surface area contributed by atoms with E-state index in [0.717, 1.165) is 38.0 Å². The summed E-state index contributed by atoms with van der Waals surface area (Å²) < 4.78 is 6.06. The molecule has 1 heterocycles. The lowest BCUT2D eigenvalue weighted by atomic mass is 10.0. The second-order valence-electron chi connectivity index (χ2n) is 6.86. The van der Waals surface area contributed by atoms with E-state index >= 15 is 0 Å². The van der Waals surface area contributed by atoms with Crippen molar-refractivity contribution >= 4 is 11.6 Å². The normalized spacial score (nSPS) is 20.8. The number of hydrogen-bond acceptors (Lipinski definition) is 3. The Hall–Kier alpha value is -1.55. The summed E-state index contributed by atoms with van der Waals surface area (Å²) in [7, 11) is 2.06. The van der Waals surface area contributed by atoms with Gasteiger partial charge in [-0.25, -0.2) is 0 Å². The molecular formula is C21H26ClNO2. The molecule has 2 aromatic carbocycles. The number of likely N-dealkylation sites (tertiary alicyclic amines) is 1. The number of halogens is 1. The molecule has 3 nitrogen and oxygen atoms in total. The Labute approximate surface area is 155 Å². The molecule has 2 atom stereocenters. The van der Waals surface area contributed by atoms with E-state index in [4.69, 9.17) is 16.3 Å². The molecule has 3 rings (SSSR count). The van der Waals surface area contributed by atoms with E-state index in [9.17, 15) is 5.11 Å². The third-order valence-corrected chi connectivity index (χ3v) is 5.17. The lowest BCUT2D eigenvalue weighted by Gasteiger charge is -2.19. The lowest BCUT2D eigenvalue weighted by Crippen LogP contribution is -2.26. The van der Waals surface area contributed by atoms with Gasteiger partial charge in [-0.05, 0) is 56.0 Å². The highest BCUT2D eigenvalue weighted by atomic mass is 35.5. The van der Waals surface area contributed by atoms with Crippen molar-refractivity contribution in [1.29, 1.82) is 0 Å². The Morgan fingerprint density at radius 1 is 1.16 bits per heavy atom. The van der Waals surface area contributed by atoms with Crippen LogP contribution in [-0.2, 0) is 12.8 Å². The zero-order valence-corrected chi connectivity index (χ0v) is 15.5. The molecule has 134 valence electrons. The van der Waals surface area contributed by atoms with Crippen molar-refractivity contribution in [2.24, 2.45) is 0 Å². The highest BCUT2D eigenvalue weighted by Gasteiger charge is 2.27. The molecule has 1 aliphatic rings. The van der Waals surface area contributed by atoms with Crippen LogP contribution in [0.15, 0.2) is 48.5 Å². The summed E-state index contributed by atoms with van der Waals surface area (Å²) in [6.45, 7) is 1.39. The SMILES string of the molecule is CN1CC(O)CC1CCOc1cc(Cl)ccc1CCc1ccccc1. The molecule has 1 saturated heterocycles. The van der Waals surface area contributed by atoms with Crippen LogP contribution in [0, 0.1) is 0 Å². The maximum Gasteiger partial charge on any atom is 0.123 e. The number of aliphatic hydroxyl groups is 1. The van der Waals surface area contributed by atoms with Gasteiger partial charge in [0.25, 0.3) is 0 Å². The van der Waals surface area contributed by atoms with E-state index in [2.05, 4.69) is 42.3 Å². The van der Waals surface area contributed by atoms with Crippen LogP contribution in [0.3, 0.4) is 0 Å². The van der Waals surface area contributed by atoms with Crippen molar-refractivity contribution < 1.29 is 9.84 Å². The minimum absolute atomic E-state index is 0.206. The summed E-state index contributed by atoms with van der Waals surface area (Å²) in [4.78, 5) is 2.21. The number of likely N-dealkylation sites (N-methyl/N-ethyl adjacent to an activating group) is 1. The molecule has 1 fully saturated rings. The number of hydrogen-bond donors (Lipinski definition) is 1. The predicted octanol–water partition coefficient (Wildman–Crippen LogP) is 3.96. The fourth-order valence-electron chi connectivity index (χ4n) is 3.49. The van der Waals surface area contributed by atoms with Crippen molar-refractivity contribution in [3.05, 3.63) is 64.7 Å². The Morgan fingerprint density at radius 3 is 2.68 bits per heavy atom. The number of nitrogens with zero attached hydrogens (tertiary/aromatic N) is 1. The van der Waals surface area contributed by atoms with Crippen molar-refractivity contribution in [2.45, 2.75) is 37.8 Å². The number of ether oxygens (including phenoxy) is 1.